The van der Waals surface area contributed by atoms with E-state index in [-0.39, 0.29) is 18.1 Å². The van der Waals surface area contributed by atoms with Crippen molar-refractivity contribution in [1.29, 1.82) is 0 Å². The zero-order valence-corrected chi connectivity index (χ0v) is 21.6. The van der Waals surface area contributed by atoms with Crippen LogP contribution in [0.25, 0.3) is 22.2 Å². The summed E-state index contributed by atoms with van der Waals surface area (Å²) in [7, 11) is -4.03. The van der Waals surface area contributed by atoms with Crippen LogP contribution in [0.4, 0.5) is 0 Å². The van der Waals surface area contributed by atoms with E-state index in [1.807, 2.05) is 43.3 Å². The molecule has 4 aromatic rings. The Kier molecular flexibility index (Phi) is 6.37. The summed E-state index contributed by atoms with van der Waals surface area (Å²) in [6, 6.07) is 21.1. The summed E-state index contributed by atoms with van der Waals surface area (Å²) in [5.41, 5.74) is 3.78. The number of nitrogens with zero attached hydrogens (tertiary/aromatic N) is 1. The highest BCUT2D eigenvalue weighted by Gasteiger charge is 2.47. The molecule has 1 unspecified atom stereocenters. The number of benzene rings is 3. The number of ether oxygens (including phenoxy) is 2. The van der Waals surface area contributed by atoms with Gasteiger partial charge in [-0.15, -0.1) is 0 Å². The second kappa shape index (κ2) is 9.52. The van der Waals surface area contributed by atoms with Gasteiger partial charge >= 0.3 is 11.9 Å². The van der Waals surface area contributed by atoms with E-state index in [9.17, 15) is 18.0 Å². The molecule has 0 aliphatic heterocycles. The van der Waals surface area contributed by atoms with Gasteiger partial charge in [0.15, 0.2) is 5.92 Å². The van der Waals surface area contributed by atoms with Gasteiger partial charge in [-0.2, -0.15) is 0 Å². The number of aryl methyl sites for hydroxylation is 1. The molecule has 1 aliphatic carbocycles. The van der Waals surface area contributed by atoms with Crippen LogP contribution in [-0.2, 0) is 29.1 Å². The number of carbonyl (C=O) groups is 2. The highest BCUT2D eigenvalue weighted by Crippen LogP contribution is 2.53. The standard InChI is InChI=1S/C29H27NO6S/c1-4-35-28(31)26(29(32)36-5-2)24-20-10-6-7-11-21(20)27-25(24)22-12-8-9-13-23(22)30(27)37(33,34)19-16-14-18(3)15-17-19/h6-17,24,26H,4-5H2,1-3H3. The maximum absolute atomic E-state index is 14.1. The predicted octanol–water partition coefficient (Wildman–Crippen LogP) is 5.04. The Morgan fingerprint density at radius 3 is 2.11 bits per heavy atom. The van der Waals surface area contributed by atoms with Crippen LogP contribution in [0, 0.1) is 12.8 Å². The number of hydrogen-bond acceptors (Lipinski definition) is 6. The van der Waals surface area contributed by atoms with Crippen molar-refractivity contribution in [2.45, 2.75) is 31.6 Å². The van der Waals surface area contributed by atoms with Gasteiger partial charge in [0.25, 0.3) is 10.0 Å². The maximum atomic E-state index is 14.1. The van der Waals surface area contributed by atoms with E-state index < -0.39 is 33.8 Å². The summed E-state index contributed by atoms with van der Waals surface area (Å²) in [4.78, 5) is 26.6. The van der Waals surface area contributed by atoms with Crippen LogP contribution in [0.5, 0.6) is 0 Å². The normalized spacial score (nSPS) is 14.4. The minimum atomic E-state index is -4.03. The Bertz CT molecular complexity index is 1600. The van der Waals surface area contributed by atoms with Crippen molar-refractivity contribution in [3.05, 3.63) is 89.5 Å². The van der Waals surface area contributed by atoms with Gasteiger partial charge in [0.05, 0.1) is 29.3 Å². The Hall–Kier alpha value is -3.91. The Balaban J connectivity index is 1.85. The molecule has 190 valence electrons. The largest absolute Gasteiger partial charge is 0.465 e. The average molecular weight is 518 g/mol. The zero-order chi connectivity index (χ0) is 26.3. The van der Waals surface area contributed by atoms with E-state index in [4.69, 9.17) is 9.47 Å². The molecule has 0 amide bonds. The smallest absolute Gasteiger partial charge is 0.321 e. The minimum Gasteiger partial charge on any atom is -0.465 e. The molecule has 1 aliphatic rings. The molecule has 1 aromatic heterocycles. The lowest BCUT2D eigenvalue weighted by molar-refractivity contribution is -0.162. The van der Waals surface area contributed by atoms with Crippen LogP contribution in [0.15, 0.2) is 77.7 Å². The lowest BCUT2D eigenvalue weighted by atomic mass is 9.83. The van der Waals surface area contributed by atoms with Crippen LogP contribution >= 0.6 is 0 Å². The molecule has 0 saturated carbocycles. The van der Waals surface area contributed by atoms with Crippen molar-refractivity contribution in [2.75, 3.05) is 13.2 Å². The molecular weight excluding hydrogens is 490 g/mol. The Labute approximate surface area is 215 Å². The summed E-state index contributed by atoms with van der Waals surface area (Å²) >= 11 is 0. The van der Waals surface area contributed by atoms with Crippen molar-refractivity contribution < 1.29 is 27.5 Å². The molecule has 0 radical (unpaired) electrons. The van der Waals surface area contributed by atoms with Crippen LogP contribution in [0.3, 0.4) is 0 Å². The summed E-state index contributed by atoms with van der Waals surface area (Å²) in [6.07, 6.45) is 0. The zero-order valence-electron chi connectivity index (χ0n) is 20.8. The molecule has 1 heterocycles. The van der Waals surface area contributed by atoms with Gasteiger partial charge in [-0.3, -0.25) is 9.59 Å². The number of hydrogen-bond donors (Lipinski definition) is 0. The van der Waals surface area contributed by atoms with E-state index >= 15 is 0 Å². The van der Waals surface area contributed by atoms with Crippen LogP contribution in [0.1, 0.15) is 36.5 Å². The van der Waals surface area contributed by atoms with Crippen LogP contribution < -0.4 is 0 Å². The fourth-order valence-corrected chi connectivity index (χ4v) is 6.73. The lowest BCUT2D eigenvalue weighted by Crippen LogP contribution is -2.33. The average Bonchev–Trinajstić information content (AvgIpc) is 3.39. The Morgan fingerprint density at radius 2 is 1.46 bits per heavy atom. The fraction of sp³-hybridized carbons (Fsp3) is 0.241. The number of fused-ring (bicyclic) bond motifs is 5. The first-order valence-corrected chi connectivity index (χ1v) is 13.6. The van der Waals surface area contributed by atoms with E-state index in [0.717, 1.165) is 5.56 Å². The minimum absolute atomic E-state index is 0.0968. The number of esters is 2. The molecule has 1 atom stereocenters. The first-order chi connectivity index (χ1) is 17.8. The van der Waals surface area contributed by atoms with Gasteiger partial charge < -0.3 is 9.47 Å². The maximum Gasteiger partial charge on any atom is 0.321 e. The highest BCUT2D eigenvalue weighted by atomic mass is 32.2. The first-order valence-electron chi connectivity index (χ1n) is 12.2. The number of para-hydroxylation sites is 1. The quantitative estimate of drug-likeness (QED) is 0.252. The number of rotatable bonds is 7. The monoisotopic (exact) mass is 517 g/mol. The van der Waals surface area contributed by atoms with Crippen molar-refractivity contribution >= 4 is 32.9 Å². The van der Waals surface area contributed by atoms with E-state index in [1.165, 1.54) is 3.97 Å². The number of aromatic nitrogens is 1. The third-order valence-electron chi connectivity index (χ3n) is 6.71. The van der Waals surface area contributed by atoms with Gasteiger partial charge in [0.1, 0.15) is 0 Å². The second-order valence-electron chi connectivity index (χ2n) is 8.91. The van der Waals surface area contributed by atoms with Gasteiger partial charge in [-0.05, 0) is 50.1 Å². The van der Waals surface area contributed by atoms with Crippen molar-refractivity contribution in [2.24, 2.45) is 5.92 Å². The molecular formula is C29H27NO6S. The van der Waals surface area contributed by atoms with Gasteiger partial charge in [0.2, 0.25) is 0 Å². The highest BCUT2D eigenvalue weighted by molar-refractivity contribution is 7.90. The molecule has 8 heteroatoms. The third kappa shape index (κ3) is 3.92. The summed E-state index contributed by atoms with van der Waals surface area (Å²) in [5.74, 6) is -3.47. The molecule has 7 nitrogen and oxygen atoms in total. The van der Waals surface area contributed by atoms with Gasteiger partial charge in [-0.1, -0.05) is 60.2 Å². The summed E-state index contributed by atoms with van der Waals surface area (Å²) in [6.45, 7) is 5.44. The van der Waals surface area contributed by atoms with E-state index in [1.54, 1.807) is 50.2 Å². The summed E-state index contributed by atoms with van der Waals surface area (Å²) in [5, 5.41) is 0.646. The summed E-state index contributed by atoms with van der Waals surface area (Å²) < 4.78 is 40.2. The molecule has 3 aromatic carbocycles. The SMILES string of the molecule is CCOC(=O)C(C(=O)OCC)C1c2ccccc2-c2c1c1ccccc1n2S(=O)(=O)c1ccc(C)cc1. The predicted molar refractivity (Wildman–Crippen MR) is 140 cm³/mol. The van der Waals surface area contributed by atoms with Crippen molar-refractivity contribution in [3.63, 3.8) is 0 Å². The van der Waals surface area contributed by atoms with Gasteiger partial charge in [0, 0.05) is 16.9 Å². The van der Waals surface area contributed by atoms with Crippen LogP contribution in [-0.4, -0.2) is 37.5 Å². The first kappa shape index (κ1) is 24.8. The van der Waals surface area contributed by atoms with E-state index in [0.29, 0.717) is 33.3 Å². The van der Waals surface area contributed by atoms with Crippen molar-refractivity contribution in [3.8, 4) is 11.3 Å². The second-order valence-corrected chi connectivity index (χ2v) is 10.7. The molecule has 0 bridgehead atoms. The molecule has 0 spiro atoms. The fourth-order valence-electron chi connectivity index (χ4n) is 5.19. The third-order valence-corrected chi connectivity index (χ3v) is 8.43. The van der Waals surface area contributed by atoms with Gasteiger partial charge in [-0.25, -0.2) is 12.4 Å². The molecule has 0 N–H and O–H groups in total. The number of carbonyl (C=O) groups excluding carboxylic acids is 2. The lowest BCUT2D eigenvalue weighted by Gasteiger charge is -2.22. The molecule has 0 fully saturated rings. The molecule has 0 saturated heterocycles. The topological polar surface area (TPSA) is 91.7 Å². The Morgan fingerprint density at radius 1 is 0.865 bits per heavy atom. The van der Waals surface area contributed by atoms with Crippen LogP contribution in [0.2, 0.25) is 0 Å². The molecule has 37 heavy (non-hydrogen) atoms. The van der Waals surface area contributed by atoms with E-state index in [2.05, 4.69) is 0 Å². The van der Waals surface area contributed by atoms with Crippen molar-refractivity contribution in [1.82, 2.24) is 3.97 Å². The molecule has 5 rings (SSSR count).